The van der Waals surface area contributed by atoms with Gasteiger partial charge in [0, 0.05) is 17.7 Å². The van der Waals surface area contributed by atoms with Gasteiger partial charge in [0.2, 0.25) is 0 Å². The number of halogens is 2. The molecule has 3 rings (SSSR count). The largest absolute Gasteiger partial charge is 1.00 e. The van der Waals surface area contributed by atoms with Crippen LogP contribution in [0.25, 0.3) is 17.0 Å². The third-order valence-electron chi connectivity index (χ3n) is 3.42. The molecule has 1 aromatic heterocycles. The van der Waals surface area contributed by atoms with Gasteiger partial charge in [-0.05, 0) is 16.8 Å². The second kappa shape index (κ2) is 7.27. The summed E-state index contributed by atoms with van der Waals surface area (Å²) in [4.78, 5) is 12.5. The molecule has 0 aliphatic heterocycles. The zero-order valence-electron chi connectivity index (χ0n) is 12.1. The average Bonchev–Trinajstić information content (AvgIpc) is 2.55. The molecule has 0 bridgehead atoms. The number of aromatic nitrogens is 1. The molecule has 2 aromatic carbocycles. The van der Waals surface area contributed by atoms with Crippen molar-refractivity contribution < 1.29 is 21.8 Å². The summed E-state index contributed by atoms with van der Waals surface area (Å²) in [7, 11) is 0. The number of benzene rings is 2. The Balaban J connectivity index is 0.00000192. The molecule has 0 radical (unpaired) electrons. The van der Waals surface area contributed by atoms with Crippen molar-refractivity contribution in [3.63, 3.8) is 0 Å². The molecular weight excluding hydrogens is 331 g/mol. The number of allylic oxidation sites excluding steroid dienone is 1. The molecule has 0 spiro atoms. The highest BCUT2D eigenvalue weighted by atomic mass is 35.5. The number of carbonyl (C=O) groups excluding carboxylic acids is 1. The molecule has 0 aliphatic carbocycles. The van der Waals surface area contributed by atoms with E-state index in [1.54, 1.807) is 29.1 Å². The number of nitrogen functional groups attached to an aromatic ring is 1. The fraction of sp³-hybridized carbons (Fsp3) is 0. The summed E-state index contributed by atoms with van der Waals surface area (Å²) in [5, 5.41) is 2.52. The van der Waals surface area contributed by atoms with Gasteiger partial charge in [0.25, 0.3) is 5.82 Å². The number of rotatable bonds is 3. The quantitative estimate of drug-likeness (QED) is 0.432. The van der Waals surface area contributed by atoms with Gasteiger partial charge in [-0.2, -0.15) is 0 Å². The van der Waals surface area contributed by atoms with Gasteiger partial charge in [-0.3, -0.25) is 10.5 Å². The van der Waals surface area contributed by atoms with Crippen LogP contribution < -0.4 is 22.7 Å². The third kappa shape index (κ3) is 3.70. The Labute approximate surface area is 145 Å². The number of carbonyl (C=O) groups is 1. The van der Waals surface area contributed by atoms with Crippen LogP contribution >= 0.6 is 11.6 Å². The van der Waals surface area contributed by atoms with E-state index < -0.39 is 0 Å². The molecule has 1 heterocycles. The molecule has 116 valence electrons. The maximum absolute atomic E-state index is 12.5. The molecule has 0 amide bonds. The number of hydrogen-bond donors (Lipinski definition) is 1. The van der Waals surface area contributed by atoms with Crippen molar-refractivity contribution in [2.24, 2.45) is 0 Å². The normalized spacial score (nSPS) is 10.7. The number of pyridine rings is 1. The Bertz CT molecular complexity index is 886. The van der Waals surface area contributed by atoms with Gasteiger partial charge in [-0.25, -0.2) is 4.57 Å². The van der Waals surface area contributed by atoms with Crippen LogP contribution in [0, 0.1) is 0 Å². The second-order valence-corrected chi connectivity index (χ2v) is 5.32. The van der Waals surface area contributed by atoms with Crippen molar-refractivity contribution in [2.45, 2.75) is 0 Å². The molecule has 23 heavy (non-hydrogen) atoms. The minimum Gasteiger partial charge on any atom is -1.00 e. The monoisotopic (exact) mass is 344 g/mol. The predicted octanol–water partition coefficient (Wildman–Crippen LogP) is 0.720. The lowest BCUT2D eigenvalue weighted by Crippen LogP contribution is -3.00. The lowest BCUT2D eigenvalue weighted by molar-refractivity contribution is -0.552. The van der Waals surface area contributed by atoms with Crippen molar-refractivity contribution in [3.05, 3.63) is 77.5 Å². The summed E-state index contributed by atoms with van der Waals surface area (Å²) < 4.78 is 1.62. The van der Waals surface area contributed by atoms with Crippen molar-refractivity contribution in [1.82, 2.24) is 0 Å². The van der Waals surface area contributed by atoms with E-state index in [1.807, 2.05) is 42.5 Å². The molecule has 3 aromatic rings. The van der Waals surface area contributed by atoms with Crippen LogP contribution in [0.4, 0.5) is 5.82 Å². The van der Waals surface area contributed by atoms with Crippen LogP contribution in [-0.4, -0.2) is 5.78 Å². The van der Waals surface area contributed by atoms with E-state index >= 15 is 0 Å². The Hall–Kier alpha value is -2.36. The second-order valence-electron chi connectivity index (χ2n) is 4.89. The van der Waals surface area contributed by atoms with E-state index in [0.717, 1.165) is 10.8 Å². The summed E-state index contributed by atoms with van der Waals surface area (Å²) in [5.41, 5.74) is 6.51. The minimum atomic E-state index is -0.0799. The van der Waals surface area contributed by atoms with Crippen LogP contribution in [0.3, 0.4) is 0 Å². The van der Waals surface area contributed by atoms with Crippen LogP contribution in [0.5, 0.6) is 0 Å². The smallest absolute Gasteiger partial charge is 0.277 e. The Morgan fingerprint density at radius 1 is 1.04 bits per heavy atom. The molecule has 3 nitrogen and oxygen atoms in total. The van der Waals surface area contributed by atoms with E-state index in [-0.39, 0.29) is 18.2 Å². The zero-order chi connectivity index (χ0) is 15.5. The van der Waals surface area contributed by atoms with Crippen LogP contribution in [0.15, 0.2) is 66.9 Å². The lowest BCUT2D eigenvalue weighted by Gasteiger charge is -2.02. The van der Waals surface area contributed by atoms with E-state index in [0.29, 0.717) is 16.4 Å². The van der Waals surface area contributed by atoms with Gasteiger partial charge in [-0.15, -0.1) is 0 Å². The van der Waals surface area contributed by atoms with E-state index in [4.69, 9.17) is 17.3 Å². The summed E-state index contributed by atoms with van der Waals surface area (Å²) in [6, 6.07) is 16.9. The van der Waals surface area contributed by atoms with Gasteiger partial charge in [-0.1, -0.05) is 54.1 Å². The maximum Gasteiger partial charge on any atom is 0.277 e. The first-order valence-electron chi connectivity index (χ1n) is 6.81. The first-order chi connectivity index (χ1) is 10.6. The SMILES string of the molecule is Nc1ccc(Cl)c[n+]1/C=C/C(=O)c1cccc2ccccc12.[Cl-]. The number of nitrogens with zero attached hydrogens (tertiary/aromatic N) is 1. The van der Waals surface area contributed by atoms with Gasteiger partial charge in [0.05, 0.1) is 11.2 Å². The van der Waals surface area contributed by atoms with Crippen molar-refractivity contribution >= 4 is 40.2 Å². The van der Waals surface area contributed by atoms with Crippen molar-refractivity contribution in [2.75, 3.05) is 5.73 Å². The summed E-state index contributed by atoms with van der Waals surface area (Å²) in [6.45, 7) is 0. The first kappa shape index (κ1) is 17.0. The van der Waals surface area contributed by atoms with Crippen LogP contribution in [-0.2, 0) is 0 Å². The Morgan fingerprint density at radius 3 is 2.61 bits per heavy atom. The first-order valence-corrected chi connectivity index (χ1v) is 7.19. The Morgan fingerprint density at radius 2 is 1.78 bits per heavy atom. The summed E-state index contributed by atoms with van der Waals surface area (Å²) in [6.07, 6.45) is 4.77. The van der Waals surface area contributed by atoms with Crippen LogP contribution in [0.1, 0.15) is 10.4 Å². The topological polar surface area (TPSA) is 47.0 Å². The van der Waals surface area contributed by atoms with Gasteiger partial charge < -0.3 is 12.4 Å². The van der Waals surface area contributed by atoms with Crippen LogP contribution in [0.2, 0.25) is 5.02 Å². The highest BCUT2D eigenvalue weighted by Crippen LogP contribution is 2.19. The van der Waals surface area contributed by atoms with E-state index in [1.165, 1.54) is 6.08 Å². The highest BCUT2D eigenvalue weighted by Gasteiger charge is 2.08. The molecular formula is C18H14Cl2N2O. The number of fused-ring (bicyclic) bond motifs is 1. The van der Waals surface area contributed by atoms with Crippen molar-refractivity contribution in [3.8, 4) is 0 Å². The number of hydrogen-bond acceptors (Lipinski definition) is 2. The Kier molecular flexibility index (Phi) is 5.37. The zero-order valence-corrected chi connectivity index (χ0v) is 13.6. The van der Waals surface area contributed by atoms with E-state index in [2.05, 4.69) is 0 Å². The summed E-state index contributed by atoms with van der Waals surface area (Å²) in [5.74, 6) is 0.426. The number of ketones is 1. The fourth-order valence-corrected chi connectivity index (χ4v) is 2.48. The third-order valence-corrected chi connectivity index (χ3v) is 3.64. The van der Waals surface area contributed by atoms with Gasteiger partial charge in [0.1, 0.15) is 6.20 Å². The molecule has 0 saturated heterocycles. The molecule has 0 atom stereocenters. The van der Waals surface area contributed by atoms with Crippen molar-refractivity contribution in [1.29, 1.82) is 0 Å². The standard InChI is InChI=1S/C18H13ClN2O.ClH/c19-14-8-9-18(20)21(12-14)11-10-17(22)16-7-3-5-13-4-1-2-6-15(13)16;/h1-12,20H;1H/b11-10+;. The molecule has 2 N–H and O–H groups in total. The average molecular weight is 345 g/mol. The molecule has 0 unspecified atom stereocenters. The minimum absolute atomic E-state index is 0. The molecule has 0 fully saturated rings. The lowest BCUT2D eigenvalue weighted by atomic mass is 10.0. The summed E-state index contributed by atoms with van der Waals surface area (Å²) >= 11 is 5.93. The molecule has 5 heteroatoms. The number of anilines is 1. The fourth-order valence-electron chi connectivity index (χ4n) is 2.31. The predicted molar refractivity (Wildman–Crippen MR) is 89.7 cm³/mol. The van der Waals surface area contributed by atoms with Gasteiger partial charge in [0.15, 0.2) is 5.78 Å². The maximum atomic E-state index is 12.5. The highest BCUT2D eigenvalue weighted by molar-refractivity contribution is 6.30. The molecule has 0 saturated carbocycles. The number of nitrogens with two attached hydrogens (primary N) is 1. The van der Waals surface area contributed by atoms with E-state index in [9.17, 15) is 4.79 Å². The molecule has 0 aliphatic rings. The van der Waals surface area contributed by atoms with Gasteiger partial charge >= 0.3 is 0 Å².